The van der Waals surface area contributed by atoms with Crippen LogP contribution in [0.5, 0.6) is 17.2 Å². The average Bonchev–Trinajstić information content (AvgIpc) is 3.02. The van der Waals surface area contributed by atoms with E-state index >= 15 is 0 Å². The van der Waals surface area contributed by atoms with Gasteiger partial charge in [-0.05, 0) is 36.2 Å². The molecule has 1 aliphatic rings. The van der Waals surface area contributed by atoms with Crippen LogP contribution in [0, 0.1) is 0 Å². The molecule has 0 spiro atoms. The maximum atomic E-state index is 5.47. The summed E-state index contributed by atoms with van der Waals surface area (Å²) in [4.78, 5) is 0. The minimum atomic E-state index is 0.305. The van der Waals surface area contributed by atoms with E-state index in [0.29, 0.717) is 28.4 Å². The first-order valence-electron chi connectivity index (χ1n) is 8.09. The van der Waals surface area contributed by atoms with Gasteiger partial charge in [-0.25, -0.2) is 0 Å². The Balaban J connectivity index is 1.67. The lowest BCUT2D eigenvalue weighted by atomic mass is 10.1. The van der Waals surface area contributed by atoms with Gasteiger partial charge < -0.3 is 24.8 Å². The van der Waals surface area contributed by atoms with Crippen LogP contribution in [0.4, 0.5) is 5.69 Å². The zero-order valence-electron chi connectivity index (χ0n) is 14.6. The lowest BCUT2D eigenvalue weighted by Gasteiger charge is -2.18. The first-order valence-corrected chi connectivity index (χ1v) is 8.49. The Kier molecular flexibility index (Phi) is 5.28. The quantitative estimate of drug-likeness (QED) is 0.801. The molecule has 0 atom stereocenters. The fraction of sp³-hybridized carbons (Fsp3) is 0.316. The Morgan fingerprint density at radius 1 is 0.960 bits per heavy atom. The van der Waals surface area contributed by atoms with Crippen LogP contribution in [0.2, 0.25) is 0 Å². The van der Waals surface area contributed by atoms with Crippen LogP contribution in [0.3, 0.4) is 0 Å². The van der Waals surface area contributed by atoms with E-state index in [9.17, 15) is 0 Å². The molecule has 25 heavy (non-hydrogen) atoms. The number of ether oxygens (including phenoxy) is 3. The van der Waals surface area contributed by atoms with Crippen molar-refractivity contribution >= 4 is 23.0 Å². The van der Waals surface area contributed by atoms with Crippen molar-refractivity contribution in [3.8, 4) is 17.2 Å². The van der Waals surface area contributed by atoms with Gasteiger partial charge in [0.05, 0.1) is 21.3 Å². The van der Waals surface area contributed by atoms with Gasteiger partial charge in [0, 0.05) is 23.9 Å². The van der Waals surface area contributed by atoms with Crippen LogP contribution in [-0.4, -0.2) is 32.5 Å². The van der Waals surface area contributed by atoms with Crippen molar-refractivity contribution in [2.75, 3.05) is 26.6 Å². The molecule has 5 nitrogen and oxygen atoms in total. The molecule has 6 heteroatoms. The zero-order chi connectivity index (χ0) is 17.8. The van der Waals surface area contributed by atoms with Crippen molar-refractivity contribution in [2.45, 2.75) is 18.9 Å². The van der Waals surface area contributed by atoms with E-state index in [0.717, 1.165) is 18.5 Å². The highest BCUT2D eigenvalue weighted by atomic mass is 32.1. The second kappa shape index (κ2) is 7.61. The van der Waals surface area contributed by atoms with Crippen molar-refractivity contribution in [3.63, 3.8) is 0 Å². The van der Waals surface area contributed by atoms with Crippen LogP contribution in [0.1, 0.15) is 11.1 Å². The molecule has 0 amide bonds. The minimum absolute atomic E-state index is 0.305. The third kappa shape index (κ3) is 3.79. The predicted octanol–water partition coefficient (Wildman–Crippen LogP) is 3.17. The zero-order valence-corrected chi connectivity index (χ0v) is 15.4. The first-order chi connectivity index (χ1) is 12.1. The molecule has 132 valence electrons. The van der Waals surface area contributed by atoms with Gasteiger partial charge in [0.15, 0.2) is 16.6 Å². The topological polar surface area (TPSA) is 51.8 Å². The standard InChI is InChI=1S/C19H22N2O3S/c1-22-16-10-15(11-17(23-2)18(16)24-3)21-19(25)20-14-8-12-6-4-5-7-13(12)9-14/h4-7,10-11,14H,8-9H2,1-3H3,(H2,20,21,25). The van der Waals surface area contributed by atoms with E-state index in [-0.39, 0.29) is 0 Å². The van der Waals surface area contributed by atoms with E-state index in [1.807, 2.05) is 12.1 Å². The van der Waals surface area contributed by atoms with Crippen molar-refractivity contribution in [2.24, 2.45) is 0 Å². The Morgan fingerprint density at radius 3 is 2.00 bits per heavy atom. The summed E-state index contributed by atoms with van der Waals surface area (Å²) in [5, 5.41) is 7.16. The summed E-state index contributed by atoms with van der Waals surface area (Å²) in [6.45, 7) is 0. The van der Waals surface area contributed by atoms with Crippen molar-refractivity contribution in [3.05, 3.63) is 47.5 Å². The summed E-state index contributed by atoms with van der Waals surface area (Å²) in [6, 6.07) is 12.5. The Bertz CT molecular complexity index is 729. The van der Waals surface area contributed by atoms with Crippen LogP contribution in [0.15, 0.2) is 36.4 Å². The van der Waals surface area contributed by atoms with Gasteiger partial charge in [-0.1, -0.05) is 24.3 Å². The number of hydrogen-bond donors (Lipinski definition) is 2. The summed E-state index contributed by atoms with van der Waals surface area (Å²) in [7, 11) is 4.76. The van der Waals surface area contributed by atoms with Gasteiger partial charge in [0.1, 0.15) is 0 Å². The first kappa shape index (κ1) is 17.4. The predicted molar refractivity (Wildman–Crippen MR) is 103 cm³/mol. The number of thiocarbonyl (C=S) groups is 1. The number of benzene rings is 2. The van der Waals surface area contributed by atoms with Crippen LogP contribution in [-0.2, 0) is 12.8 Å². The smallest absolute Gasteiger partial charge is 0.203 e. The number of nitrogens with one attached hydrogen (secondary N) is 2. The SMILES string of the molecule is COc1cc(NC(=S)NC2Cc3ccccc3C2)cc(OC)c1OC. The van der Waals surface area contributed by atoms with Crippen molar-refractivity contribution < 1.29 is 14.2 Å². The lowest BCUT2D eigenvalue weighted by molar-refractivity contribution is 0.324. The van der Waals surface area contributed by atoms with Crippen molar-refractivity contribution in [1.29, 1.82) is 0 Å². The summed E-state index contributed by atoms with van der Waals surface area (Å²) in [5.41, 5.74) is 3.55. The third-order valence-corrected chi connectivity index (χ3v) is 4.53. The second-order valence-electron chi connectivity index (χ2n) is 5.89. The molecule has 2 N–H and O–H groups in total. The highest BCUT2D eigenvalue weighted by molar-refractivity contribution is 7.80. The molecule has 0 aliphatic heterocycles. The fourth-order valence-corrected chi connectivity index (χ4v) is 3.45. The monoisotopic (exact) mass is 358 g/mol. The molecule has 0 radical (unpaired) electrons. The van der Waals surface area contributed by atoms with E-state index < -0.39 is 0 Å². The second-order valence-corrected chi connectivity index (χ2v) is 6.29. The average molecular weight is 358 g/mol. The van der Waals surface area contributed by atoms with Crippen LogP contribution < -0.4 is 24.8 Å². The van der Waals surface area contributed by atoms with Gasteiger partial charge in [-0.15, -0.1) is 0 Å². The normalized spacial score (nSPS) is 13.1. The summed E-state index contributed by atoms with van der Waals surface area (Å²) < 4.78 is 16.1. The number of hydrogen-bond acceptors (Lipinski definition) is 4. The van der Waals surface area contributed by atoms with Crippen molar-refractivity contribution in [1.82, 2.24) is 5.32 Å². The van der Waals surface area contributed by atoms with Gasteiger partial charge in [0.2, 0.25) is 5.75 Å². The summed E-state index contributed by atoms with van der Waals surface area (Å²) >= 11 is 5.47. The molecule has 1 aliphatic carbocycles. The molecule has 2 aromatic carbocycles. The molecule has 0 aromatic heterocycles. The summed E-state index contributed by atoms with van der Waals surface area (Å²) in [5.74, 6) is 1.72. The lowest BCUT2D eigenvalue weighted by Crippen LogP contribution is -2.38. The van der Waals surface area contributed by atoms with Gasteiger partial charge >= 0.3 is 0 Å². The Labute approximate surface area is 153 Å². The number of methoxy groups -OCH3 is 3. The minimum Gasteiger partial charge on any atom is -0.493 e. The summed E-state index contributed by atoms with van der Waals surface area (Å²) in [6.07, 6.45) is 1.96. The number of fused-ring (bicyclic) bond motifs is 1. The number of anilines is 1. The number of rotatable bonds is 5. The van der Waals surface area contributed by atoms with E-state index in [1.165, 1.54) is 11.1 Å². The molecule has 0 bridgehead atoms. The van der Waals surface area contributed by atoms with E-state index in [4.69, 9.17) is 26.4 Å². The fourth-order valence-electron chi connectivity index (χ4n) is 3.17. The highest BCUT2D eigenvalue weighted by Gasteiger charge is 2.21. The molecular formula is C19H22N2O3S. The molecule has 2 aromatic rings. The van der Waals surface area contributed by atoms with E-state index in [1.54, 1.807) is 21.3 Å². The molecule has 0 fully saturated rings. The Hall–Kier alpha value is -2.47. The molecular weight excluding hydrogens is 336 g/mol. The van der Waals surface area contributed by atoms with Gasteiger partial charge in [-0.3, -0.25) is 0 Å². The maximum absolute atomic E-state index is 5.47. The molecule has 0 heterocycles. The largest absolute Gasteiger partial charge is 0.493 e. The molecule has 0 saturated heterocycles. The van der Waals surface area contributed by atoms with Crippen LogP contribution >= 0.6 is 12.2 Å². The highest BCUT2D eigenvalue weighted by Crippen LogP contribution is 2.39. The maximum Gasteiger partial charge on any atom is 0.203 e. The van der Waals surface area contributed by atoms with E-state index in [2.05, 4.69) is 34.9 Å². The Morgan fingerprint density at radius 2 is 1.52 bits per heavy atom. The molecule has 0 saturated carbocycles. The molecule has 3 rings (SSSR count). The van der Waals surface area contributed by atoms with Gasteiger partial charge in [-0.2, -0.15) is 0 Å². The molecule has 0 unspecified atom stereocenters. The van der Waals surface area contributed by atoms with Gasteiger partial charge in [0.25, 0.3) is 0 Å². The van der Waals surface area contributed by atoms with Crippen LogP contribution in [0.25, 0.3) is 0 Å². The third-order valence-electron chi connectivity index (χ3n) is 4.31.